The van der Waals surface area contributed by atoms with Gasteiger partial charge in [0.2, 0.25) is 0 Å². The fourth-order valence-electron chi connectivity index (χ4n) is 2.63. The van der Waals surface area contributed by atoms with Gasteiger partial charge in [0.1, 0.15) is 12.4 Å². The number of nitrogens with two attached hydrogens (primary N) is 1. The lowest BCUT2D eigenvalue weighted by Gasteiger charge is -2.13. The van der Waals surface area contributed by atoms with E-state index in [1.54, 1.807) is 0 Å². The maximum Gasteiger partial charge on any atom is 0.252 e. The molecule has 1 atom stereocenters. The summed E-state index contributed by atoms with van der Waals surface area (Å²) in [6.45, 7) is 0.950. The molecule has 0 spiro atoms. The fraction of sp³-hybridized carbons (Fsp3) is 0.235. The number of hydrogen-bond donors (Lipinski definition) is 2. The van der Waals surface area contributed by atoms with Crippen molar-refractivity contribution in [1.29, 1.82) is 0 Å². The average molecular weight is 319 g/mol. The van der Waals surface area contributed by atoms with E-state index in [9.17, 15) is 4.79 Å². The third-order valence-corrected chi connectivity index (χ3v) is 3.62. The van der Waals surface area contributed by atoms with Crippen LogP contribution in [0, 0.1) is 0 Å². The predicted octanol–water partition coefficient (Wildman–Crippen LogP) is 2.47. The zero-order valence-corrected chi connectivity index (χ0v) is 12.9. The van der Waals surface area contributed by atoms with Crippen molar-refractivity contribution < 1.29 is 9.53 Å². The fourth-order valence-corrected chi connectivity index (χ4v) is 2.63. The van der Waals surface area contributed by atoms with Gasteiger partial charge >= 0.3 is 0 Å². The first-order valence-electron chi connectivity index (χ1n) is 7.09. The van der Waals surface area contributed by atoms with Crippen LogP contribution in [0.1, 0.15) is 27.5 Å². The van der Waals surface area contributed by atoms with Gasteiger partial charge in [0, 0.05) is 12.1 Å². The Morgan fingerprint density at radius 3 is 2.64 bits per heavy atom. The lowest BCUT2D eigenvalue weighted by Crippen LogP contribution is -2.20. The van der Waals surface area contributed by atoms with Crippen LogP contribution in [0.4, 0.5) is 0 Å². The number of amides is 1. The van der Waals surface area contributed by atoms with Gasteiger partial charge in [-0.3, -0.25) is 4.79 Å². The molecule has 1 amide bonds. The van der Waals surface area contributed by atoms with Crippen molar-refractivity contribution in [3.8, 4) is 5.75 Å². The molecule has 0 aromatic heterocycles. The second-order valence-electron chi connectivity index (χ2n) is 5.10. The smallest absolute Gasteiger partial charge is 0.252 e. The molecule has 5 heteroatoms. The summed E-state index contributed by atoms with van der Waals surface area (Å²) in [6.07, 6.45) is 0.778. The van der Waals surface area contributed by atoms with Gasteiger partial charge in [-0.1, -0.05) is 30.3 Å². The van der Waals surface area contributed by atoms with Crippen molar-refractivity contribution in [3.05, 3.63) is 65.2 Å². The minimum Gasteiger partial charge on any atom is -0.492 e. The number of fused-ring (bicyclic) bond motifs is 1. The molecule has 0 saturated carbocycles. The molecular weight excluding hydrogens is 300 g/mol. The van der Waals surface area contributed by atoms with E-state index in [1.165, 1.54) is 5.56 Å². The monoisotopic (exact) mass is 318 g/mol. The van der Waals surface area contributed by atoms with Gasteiger partial charge in [0.05, 0.1) is 6.04 Å². The van der Waals surface area contributed by atoms with E-state index in [1.807, 2.05) is 36.4 Å². The van der Waals surface area contributed by atoms with Crippen LogP contribution in [0.5, 0.6) is 5.75 Å². The predicted molar refractivity (Wildman–Crippen MR) is 88.6 cm³/mol. The lowest BCUT2D eigenvalue weighted by atomic mass is 9.98. The molecule has 0 radical (unpaired) electrons. The summed E-state index contributed by atoms with van der Waals surface area (Å²) in [6, 6.07) is 15.7. The topological polar surface area (TPSA) is 64.3 Å². The van der Waals surface area contributed by atoms with E-state index >= 15 is 0 Å². The summed E-state index contributed by atoms with van der Waals surface area (Å²) < 4.78 is 5.55. The molecule has 2 aromatic rings. The van der Waals surface area contributed by atoms with Gasteiger partial charge in [-0.05, 0) is 35.7 Å². The molecular formula is C17H19ClN2O2. The maximum atomic E-state index is 12.0. The molecule has 1 aliphatic heterocycles. The average Bonchev–Trinajstić information content (AvgIpc) is 2.82. The van der Waals surface area contributed by atoms with Crippen molar-refractivity contribution in [1.82, 2.24) is 5.32 Å². The molecule has 0 saturated heterocycles. The van der Waals surface area contributed by atoms with Crippen LogP contribution in [-0.2, 0) is 6.42 Å². The summed E-state index contributed by atoms with van der Waals surface area (Å²) in [5.41, 5.74) is 8.38. The van der Waals surface area contributed by atoms with E-state index in [0.29, 0.717) is 13.2 Å². The molecule has 4 nitrogen and oxygen atoms in total. The molecule has 3 rings (SSSR count). The summed E-state index contributed by atoms with van der Waals surface area (Å²) in [4.78, 5) is 12.0. The van der Waals surface area contributed by atoms with E-state index in [4.69, 9.17) is 10.5 Å². The molecule has 0 bridgehead atoms. The molecule has 22 heavy (non-hydrogen) atoms. The van der Waals surface area contributed by atoms with Crippen molar-refractivity contribution in [2.24, 2.45) is 5.73 Å². The van der Waals surface area contributed by atoms with Gasteiger partial charge in [0.25, 0.3) is 5.91 Å². The van der Waals surface area contributed by atoms with Crippen LogP contribution < -0.4 is 15.8 Å². The van der Waals surface area contributed by atoms with Crippen molar-refractivity contribution in [3.63, 3.8) is 0 Å². The number of nitrogens with one attached hydrogen (secondary N) is 1. The standard InChI is InChI=1S/C17H18N2O2.ClH/c18-8-9-21-13-6-7-14-15(11-13)16(19-17(14)20)10-12-4-2-1-3-5-12;/h1-7,11,16H,8-10,18H2,(H,19,20);1H. The third-order valence-electron chi connectivity index (χ3n) is 3.62. The van der Waals surface area contributed by atoms with Gasteiger partial charge in [-0.2, -0.15) is 0 Å². The molecule has 0 fully saturated rings. The summed E-state index contributed by atoms with van der Waals surface area (Å²) in [5.74, 6) is 0.741. The Morgan fingerprint density at radius 2 is 1.91 bits per heavy atom. The lowest BCUT2D eigenvalue weighted by molar-refractivity contribution is 0.0956. The highest BCUT2D eigenvalue weighted by atomic mass is 35.5. The van der Waals surface area contributed by atoms with E-state index in [2.05, 4.69) is 17.4 Å². The molecule has 116 valence electrons. The van der Waals surface area contributed by atoms with Gasteiger partial charge in [0.15, 0.2) is 0 Å². The minimum absolute atomic E-state index is 0. The van der Waals surface area contributed by atoms with Gasteiger partial charge < -0.3 is 15.8 Å². The number of halogens is 1. The quantitative estimate of drug-likeness (QED) is 0.890. The Hall–Kier alpha value is -2.04. The number of carbonyl (C=O) groups excluding carboxylic acids is 1. The number of carbonyl (C=O) groups is 1. The molecule has 1 aliphatic rings. The van der Waals surface area contributed by atoms with E-state index in [-0.39, 0.29) is 24.4 Å². The first-order chi connectivity index (χ1) is 10.3. The van der Waals surface area contributed by atoms with Crippen molar-refractivity contribution in [2.75, 3.05) is 13.2 Å². The first kappa shape index (κ1) is 16.3. The van der Waals surface area contributed by atoms with Crippen LogP contribution in [0.25, 0.3) is 0 Å². The molecule has 3 N–H and O–H groups in total. The minimum atomic E-state index is -0.0173. The Kier molecular flexibility index (Phi) is 5.41. The highest BCUT2D eigenvalue weighted by Gasteiger charge is 2.28. The zero-order valence-electron chi connectivity index (χ0n) is 12.1. The Balaban J connectivity index is 0.00000176. The largest absolute Gasteiger partial charge is 0.492 e. The highest BCUT2D eigenvalue weighted by molar-refractivity contribution is 5.99. The Labute approximate surface area is 136 Å². The van der Waals surface area contributed by atoms with Crippen LogP contribution >= 0.6 is 12.4 Å². The second-order valence-corrected chi connectivity index (χ2v) is 5.10. The zero-order chi connectivity index (χ0) is 14.7. The third kappa shape index (κ3) is 3.40. The number of ether oxygens (including phenoxy) is 1. The Bertz CT molecular complexity index is 646. The molecule has 1 heterocycles. The number of rotatable bonds is 5. The summed E-state index contributed by atoms with van der Waals surface area (Å²) in [7, 11) is 0. The Morgan fingerprint density at radius 1 is 1.14 bits per heavy atom. The summed E-state index contributed by atoms with van der Waals surface area (Å²) >= 11 is 0. The van der Waals surface area contributed by atoms with Crippen LogP contribution in [-0.4, -0.2) is 19.1 Å². The molecule has 2 aromatic carbocycles. The molecule has 0 aliphatic carbocycles. The highest BCUT2D eigenvalue weighted by Crippen LogP contribution is 2.31. The second kappa shape index (κ2) is 7.29. The normalized spacial score (nSPS) is 15.7. The SMILES string of the molecule is Cl.NCCOc1ccc2c(c1)C(Cc1ccccc1)NC2=O. The van der Waals surface area contributed by atoms with Crippen molar-refractivity contribution >= 4 is 18.3 Å². The van der Waals surface area contributed by atoms with Crippen molar-refractivity contribution in [2.45, 2.75) is 12.5 Å². The summed E-state index contributed by atoms with van der Waals surface area (Å²) in [5, 5.41) is 3.03. The van der Waals surface area contributed by atoms with Gasteiger partial charge in [-0.15, -0.1) is 12.4 Å². The van der Waals surface area contributed by atoms with E-state index < -0.39 is 0 Å². The molecule has 1 unspecified atom stereocenters. The van der Waals surface area contributed by atoms with Gasteiger partial charge in [-0.25, -0.2) is 0 Å². The number of hydrogen-bond acceptors (Lipinski definition) is 3. The van der Waals surface area contributed by atoms with Crippen LogP contribution in [0.3, 0.4) is 0 Å². The van der Waals surface area contributed by atoms with E-state index in [0.717, 1.165) is 23.3 Å². The van der Waals surface area contributed by atoms with Crippen LogP contribution in [0.15, 0.2) is 48.5 Å². The van der Waals surface area contributed by atoms with Crippen LogP contribution in [0.2, 0.25) is 0 Å². The first-order valence-corrected chi connectivity index (χ1v) is 7.09. The number of benzene rings is 2. The maximum absolute atomic E-state index is 12.0.